The van der Waals surface area contributed by atoms with Gasteiger partial charge in [0.05, 0.1) is 0 Å². The average Bonchev–Trinajstić information content (AvgIpc) is 2.96. The summed E-state index contributed by atoms with van der Waals surface area (Å²) in [4.78, 5) is 17.7. The first-order chi connectivity index (χ1) is 10.7. The molecule has 0 unspecified atom stereocenters. The van der Waals surface area contributed by atoms with E-state index < -0.39 is 0 Å². The van der Waals surface area contributed by atoms with Gasteiger partial charge in [-0.25, -0.2) is 0 Å². The molecule has 0 saturated carbocycles. The van der Waals surface area contributed by atoms with E-state index in [2.05, 4.69) is 34.4 Å². The van der Waals surface area contributed by atoms with Crippen molar-refractivity contribution < 1.29 is 4.79 Å². The number of carbonyl (C=O) groups excluding carboxylic acids is 1. The lowest BCUT2D eigenvalue weighted by Crippen LogP contribution is -2.36. The third kappa shape index (κ3) is 3.69. The zero-order valence-corrected chi connectivity index (χ0v) is 13.3. The monoisotopic (exact) mass is 299 g/mol. The predicted molar refractivity (Wildman–Crippen MR) is 89.9 cm³/mol. The van der Waals surface area contributed by atoms with Gasteiger partial charge in [-0.1, -0.05) is 18.2 Å². The molecule has 1 saturated heterocycles. The van der Waals surface area contributed by atoms with E-state index in [0.717, 1.165) is 31.6 Å². The number of amides is 1. The number of fused-ring (bicyclic) bond motifs is 1. The second-order valence-electron chi connectivity index (χ2n) is 6.41. The first-order valence-electron chi connectivity index (χ1n) is 8.22. The average molecular weight is 299 g/mol. The molecule has 3 rings (SSSR count). The number of nitrogens with zero attached hydrogens (tertiary/aromatic N) is 1. The number of rotatable bonds is 5. The Morgan fingerprint density at radius 3 is 2.91 bits per heavy atom. The summed E-state index contributed by atoms with van der Waals surface area (Å²) in [5, 5.41) is 4.34. The molecule has 22 heavy (non-hydrogen) atoms. The highest BCUT2D eigenvalue weighted by atomic mass is 16.1. The largest absolute Gasteiger partial charge is 0.361 e. The summed E-state index contributed by atoms with van der Waals surface area (Å²) in [6.07, 6.45) is 5.77. The minimum atomic E-state index is 0.171. The number of hydrogen-bond donors (Lipinski definition) is 2. The number of aryl methyl sites for hydroxylation is 1. The van der Waals surface area contributed by atoms with Gasteiger partial charge < -0.3 is 15.2 Å². The molecule has 0 bridgehead atoms. The van der Waals surface area contributed by atoms with Gasteiger partial charge in [-0.2, -0.15) is 0 Å². The summed E-state index contributed by atoms with van der Waals surface area (Å²) < 4.78 is 0. The molecule has 1 aliphatic heterocycles. The molecule has 0 aliphatic carbocycles. The molecule has 4 nitrogen and oxygen atoms in total. The minimum absolute atomic E-state index is 0.171. The van der Waals surface area contributed by atoms with Gasteiger partial charge in [0, 0.05) is 30.1 Å². The van der Waals surface area contributed by atoms with Gasteiger partial charge in [0.2, 0.25) is 5.91 Å². The van der Waals surface area contributed by atoms with Crippen molar-refractivity contribution in [3.63, 3.8) is 0 Å². The van der Waals surface area contributed by atoms with Crippen molar-refractivity contribution in [1.29, 1.82) is 0 Å². The Hall–Kier alpha value is -1.81. The third-order valence-electron chi connectivity index (χ3n) is 4.72. The van der Waals surface area contributed by atoms with Crippen LogP contribution in [0.25, 0.3) is 10.9 Å². The predicted octanol–water partition coefficient (Wildman–Crippen LogP) is 2.56. The highest BCUT2D eigenvalue weighted by Crippen LogP contribution is 2.19. The number of likely N-dealkylation sites (tertiary alicyclic amines) is 1. The van der Waals surface area contributed by atoms with E-state index in [9.17, 15) is 4.79 Å². The Morgan fingerprint density at radius 1 is 1.32 bits per heavy atom. The summed E-state index contributed by atoms with van der Waals surface area (Å²) in [5.41, 5.74) is 2.37. The zero-order valence-electron chi connectivity index (χ0n) is 13.3. The molecule has 1 aliphatic rings. The zero-order chi connectivity index (χ0) is 15.4. The van der Waals surface area contributed by atoms with Gasteiger partial charge in [-0.3, -0.25) is 4.79 Å². The van der Waals surface area contributed by atoms with Gasteiger partial charge in [0.1, 0.15) is 0 Å². The van der Waals surface area contributed by atoms with Crippen LogP contribution in [-0.2, 0) is 11.2 Å². The highest BCUT2D eigenvalue weighted by molar-refractivity contribution is 5.84. The van der Waals surface area contributed by atoms with Crippen molar-refractivity contribution in [3.8, 4) is 0 Å². The number of H-pyrrole nitrogens is 1. The number of hydrogen-bond acceptors (Lipinski definition) is 2. The van der Waals surface area contributed by atoms with Gasteiger partial charge in [-0.05, 0) is 56.9 Å². The number of para-hydroxylation sites is 1. The second-order valence-corrected chi connectivity index (χ2v) is 6.41. The van der Waals surface area contributed by atoms with Crippen LogP contribution in [0.3, 0.4) is 0 Å². The summed E-state index contributed by atoms with van der Waals surface area (Å²) in [6.45, 7) is 3.13. The molecular weight excluding hydrogens is 274 g/mol. The maximum atomic E-state index is 12.0. The maximum absolute atomic E-state index is 12.0. The van der Waals surface area contributed by atoms with Crippen molar-refractivity contribution in [2.24, 2.45) is 5.92 Å². The fourth-order valence-corrected chi connectivity index (χ4v) is 3.20. The number of piperidine rings is 1. The van der Waals surface area contributed by atoms with Gasteiger partial charge in [0.25, 0.3) is 0 Å². The quantitative estimate of drug-likeness (QED) is 0.891. The number of aromatic amines is 1. The van der Waals surface area contributed by atoms with Crippen molar-refractivity contribution in [2.75, 3.05) is 26.7 Å². The lowest BCUT2D eigenvalue weighted by molar-refractivity contribution is -0.121. The Balaban J connectivity index is 1.44. The van der Waals surface area contributed by atoms with Crippen LogP contribution in [-0.4, -0.2) is 42.5 Å². The molecule has 0 spiro atoms. The summed E-state index contributed by atoms with van der Waals surface area (Å²) in [6, 6.07) is 8.24. The standard InChI is InChI=1S/C18H25N3O/c1-21-10-8-14(9-11-21)12-20-18(22)7-6-15-13-19-17-5-3-2-4-16(15)17/h2-5,13-14,19H,6-12H2,1H3,(H,20,22). The smallest absolute Gasteiger partial charge is 0.220 e. The van der Waals surface area contributed by atoms with Crippen molar-refractivity contribution >= 4 is 16.8 Å². The minimum Gasteiger partial charge on any atom is -0.361 e. The fraction of sp³-hybridized carbons (Fsp3) is 0.500. The number of benzene rings is 1. The molecule has 2 heterocycles. The molecule has 0 radical (unpaired) electrons. The molecule has 1 fully saturated rings. The Kier molecular flexibility index (Phi) is 4.78. The van der Waals surface area contributed by atoms with Crippen LogP contribution in [0.1, 0.15) is 24.8 Å². The van der Waals surface area contributed by atoms with Gasteiger partial charge in [0.15, 0.2) is 0 Å². The van der Waals surface area contributed by atoms with E-state index in [1.165, 1.54) is 23.8 Å². The first kappa shape index (κ1) is 15.1. The maximum Gasteiger partial charge on any atom is 0.220 e. The molecule has 1 aromatic carbocycles. The molecule has 4 heteroatoms. The third-order valence-corrected chi connectivity index (χ3v) is 4.72. The van der Waals surface area contributed by atoms with Gasteiger partial charge in [-0.15, -0.1) is 0 Å². The molecule has 2 aromatic rings. The van der Waals surface area contributed by atoms with Crippen molar-refractivity contribution in [3.05, 3.63) is 36.0 Å². The lowest BCUT2D eigenvalue weighted by Gasteiger charge is -2.28. The van der Waals surface area contributed by atoms with Crippen LogP contribution in [0.4, 0.5) is 0 Å². The van der Waals surface area contributed by atoms with Crippen molar-refractivity contribution in [1.82, 2.24) is 15.2 Å². The number of carbonyl (C=O) groups is 1. The Morgan fingerprint density at radius 2 is 2.09 bits per heavy atom. The number of nitrogens with one attached hydrogen (secondary N) is 2. The molecular formula is C18H25N3O. The van der Waals surface area contributed by atoms with E-state index in [1.807, 2.05) is 18.3 Å². The fourth-order valence-electron chi connectivity index (χ4n) is 3.20. The van der Waals surface area contributed by atoms with E-state index in [4.69, 9.17) is 0 Å². The summed E-state index contributed by atoms with van der Waals surface area (Å²) in [5.74, 6) is 0.817. The van der Waals surface area contributed by atoms with Crippen LogP contribution in [0.5, 0.6) is 0 Å². The topological polar surface area (TPSA) is 48.1 Å². The SMILES string of the molecule is CN1CCC(CNC(=O)CCc2c[nH]c3ccccc23)CC1. The second kappa shape index (κ2) is 6.97. The normalized spacial score (nSPS) is 17.0. The first-order valence-corrected chi connectivity index (χ1v) is 8.22. The van der Waals surface area contributed by atoms with Crippen LogP contribution in [0.2, 0.25) is 0 Å². The molecule has 1 aromatic heterocycles. The highest BCUT2D eigenvalue weighted by Gasteiger charge is 2.17. The summed E-state index contributed by atoms with van der Waals surface area (Å²) >= 11 is 0. The summed E-state index contributed by atoms with van der Waals surface area (Å²) in [7, 11) is 2.16. The van der Waals surface area contributed by atoms with E-state index in [1.54, 1.807) is 0 Å². The molecule has 2 N–H and O–H groups in total. The molecule has 118 valence electrons. The van der Waals surface area contributed by atoms with E-state index in [0.29, 0.717) is 12.3 Å². The molecule has 0 atom stereocenters. The van der Waals surface area contributed by atoms with Crippen LogP contribution in [0, 0.1) is 5.92 Å². The lowest BCUT2D eigenvalue weighted by atomic mass is 9.97. The van der Waals surface area contributed by atoms with E-state index in [-0.39, 0.29) is 5.91 Å². The number of aromatic nitrogens is 1. The van der Waals surface area contributed by atoms with Crippen LogP contribution >= 0.6 is 0 Å². The molecule has 1 amide bonds. The van der Waals surface area contributed by atoms with E-state index >= 15 is 0 Å². The Labute approximate surface area is 131 Å². The van der Waals surface area contributed by atoms with Gasteiger partial charge >= 0.3 is 0 Å². The Bertz CT molecular complexity index is 626. The van der Waals surface area contributed by atoms with Crippen LogP contribution in [0.15, 0.2) is 30.5 Å². The van der Waals surface area contributed by atoms with Crippen molar-refractivity contribution in [2.45, 2.75) is 25.7 Å². The van der Waals surface area contributed by atoms with Crippen LogP contribution < -0.4 is 5.32 Å².